The Morgan fingerprint density at radius 2 is 1.80 bits per heavy atom. The number of rotatable bonds is 5. The molecule has 0 bridgehead atoms. The minimum atomic E-state index is -2.13. The second kappa shape index (κ2) is 10.7. The summed E-state index contributed by atoms with van der Waals surface area (Å²) >= 11 is 12.7. The molecule has 1 aromatic rings. The van der Waals surface area contributed by atoms with Gasteiger partial charge >= 0.3 is 5.97 Å². The summed E-state index contributed by atoms with van der Waals surface area (Å²) in [6.07, 6.45) is 0. The highest BCUT2D eigenvalue weighted by atomic mass is 32.9. The van der Waals surface area contributed by atoms with E-state index < -0.39 is 10.9 Å². The molecule has 0 saturated heterocycles. The van der Waals surface area contributed by atoms with E-state index in [1.807, 2.05) is 30.3 Å². The zero-order valence-electron chi connectivity index (χ0n) is 11.6. The normalized spacial score (nSPS) is 12.1. The van der Waals surface area contributed by atoms with Gasteiger partial charge in [-0.2, -0.15) is 12.6 Å². The number of ether oxygens (including phenoxy) is 1. The second-order valence-corrected chi connectivity index (χ2v) is 9.42. The maximum absolute atomic E-state index is 11.2. The van der Waals surface area contributed by atoms with Gasteiger partial charge in [0, 0.05) is 14.2 Å². The van der Waals surface area contributed by atoms with E-state index in [1.165, 1.54) is 14.2 Å². The summed E-state index contributed by atoms with van der Waals surface area (Å²) in [5.74, 6) is -0.294. The molecule has 20 heavy (non-hydrogen) atoms. The van der Waals surface area contributed by atoms with Crippen LogP contribution in [-0.4, -0.2) is 26.8 Å². The Morgan fingerprint density at radius 3 is 2.15 bits per heavy atom. The van der Waals surface area contributed by atoms with Crippen LogP contribution in [0.25, 0.3) is 0 Å². The molecule has 0 fully saturated rings. The summed E-state index contributed by atoms with van der Waals surface area (Å²) in [7, 11) is 2.97. The van der Waals surface area contributed by atoms with Gasteiger partial charge < -0.3 is 13.8 Å². The molecule has 0 heterocycles. The van der Waals surface area contributed by atoms with Crippen molar-refractivity contribution >= 4 is 48.3 Å². The molecule has 0 amide bonds. The fourth-order valence-corrected chi connectivity index (χ4v) is 1.46. The summed E-state index contributed by atoms with van der Waals surface area (Å²) in [6, 6.07) is 9.36. The Bertz CT molecular complexity index is 434. The van der Waals surface area contributed by atoms with E-state index in [1.54, 1.807) is 6.92 Å². The van der Waals surface area contributed by atoms with Gasteiger partial charge in [0.1, 0.15) is 5.25 Å². The van der Waals surface area contributed by atoms with Crippen molar-refractivity contribution in [1.82, 2.24) is 0 Å². The zero-order chi connectivity index (χ0) is 15.6. The average Bonchev–Trinajstić information content (AvgIpc) is 2.48. The third-order valence-electron chi connectivity index (χ3n) is 2.09. The van der Waals surface area contributed by atoms with E-state index >= 15 is 0 Å². The quantitative estimate of drug-likeness (QED) is 0.480. The molecule has 0 radical (unpaired) electrons. The molecule has 0 aliphatic rings. The largest absolute Gasteiger partial charge is 0.465 e. The van der Waals surface area contributed by atoms with Gasteiger partial charge in [0.25, 0.3) is 0 Å². The first-order valence-corrected chi connectivity index (χ1v) is 10.0. The van der Waals surface area contributed by atoms with Crippen molar-refractivity contribution in [3.63, 3.8) is 0 Å². The van der Waals surface area contributed by atoms with Crippen molar-refractivity contribution < 1.29 is 18.6 Å². The second-order valence-electron chi connectivity index (χ2n) is 3.40. The van der Waals surface area contributed by atoms with Crippen LogP contribution in [0.3, 0.4) is 0 Å². The molecule has 114 valence electrons. The maximum atomic E-state index is 11.2. The minimum absolute atomic E-state index is 0.294. The minimum Gasteiger partial charge on any atom is -0.465 e. The molecule has 0 aliphatic heterocycles. The molecule has 0 spiro atoms. The van der Waals surface area contributed by atoms with Crippen molar-refractivity contribution in [2.24, 2.45) is 0 Å². The van der Waals surface area contributed by atoms with Crippen molar-refractivity contribution in [1.29, 1.82) is 0 Å². The van der Waals surface area contributed by atoms with Crippen LogP contribution in [0.5, 0.6) is 0 Å². The Hall–Kier alpha value is -0.0400. The number of hydrogen-bond acceptors (Lipinski definition) is 6. The van der Waals surface area contributed by atoms with Crippen LogP contribution < -0.4 is 0 Å². The lowest BCUT2D eigenvalue weighted by Crippen LogP contribution is -2.10. The fraction of sp³-hybridized carbons (Fsp3) is 0.417. The van der Waals surface area contributed by atoms with Crippen LogP contribution in [0.4, 0.5) is 0 Å². The number of carbonyl (C=O) groups is 1. The predicted octanol–water partition coefficient (Wildman–Crippen LogP) is 3.65. The van der Waals surface area contributed by atoms with Crippen LogP contribution in [0.15, 0.2) is 30.3 Å². The average molecular weight is 354 g/mol. The van der Waals surface area contributed by atoms with Crippen molar-refractivity contribution in [3.05, 3.63) is 35.9 Å². The Balaban J connectivity index is 0.000000441. The van der Waals surface area contributed by atoms with E-state index in [-0.39, 0.29) is 5.97 Å². The lowest BCUT2D eigenvalue weighted by atomic mass is 10.1. The van der Waals surface area contributed by atoms with Gasteiger partial charge in [-0.3, -0.25) is 4.79 Å². The van der Waals surface area contributed by atoms with E-state index in [0.29, 0.717) is 6.61 Å². The molecule has 1 atom stereocenters. The molecule has 1 rings (SSSR count). The first-order valence-electron chi connectivity index (χ1n) is 5.71. The molecule has 0 aliphatic carbocycles. The van der Waals surface area contributed by atoms with Gasteiger partial charge in [-0.25, -0.2) is 0 Å². The molecular formula is C12H19O4PS3. The molecule has 0 aromatic heterocycles. The Labute approximate surface area is 135 Å². The maximum Gasteiger partial charge on any atom is 0.323 e. The van der Waals surface area contributed by atoms with Gasteiger partial charge in [-0.05, 0) is 24.3 Å². The van der Waals surface area contributed by atoms with Crippen LogP contribution >= 0.6 is 30.6 Å². The summed E-state index contributed by atoms with van der Waals surface area (Å²) < 4.78 is 14.2. The third kappa shape index (κ3) is 8.29. The lowest BCUT2D eigenvalue weighted by Gasteiger charge is -2.09. The molecule has 1 unspecified atom stereocenters. The number of carbonyl (C=O) groups excluding carboxylic acids is 1. The highest BCUT2D eigenvalue weighted by Crippen LogP contribution is 2.51. The van der Waals surface area contributed by atoms with E-state index in [4.69, 9.17) is 4.74 Å². The third-order valence-corrected chi connectivity index (χ3v) is 5.39. The summed E-state index contributed by atoms with van der Waals surface area (Å²) in [4.78, 5) is 11.2. The summed E-state index contributed by atoms with van der Waals surface area (Å²) in [5.41, 5.74) is -1.26. The predicted molar refractivity (Wildman–Crippen MR) is 92.1 cm³/mol. The Morgan fingerprint density at radius 1 is 1.30 bits per heavy atom. The number of benzene rings is 1. The van der Waals surface area contributed by atoms with Crippen LogP contribution in [-0.2, 0) is 30.4 Å². The van der Waals surface area contributed by atoms with Crippen molar-refractivity contribution in [3.8, 4) is 0 Å². The van der Waals surface area contributed by atoms with Gasteiger partial charge in [-0.1, -0.05) is 42.6 Å². The number of thiol groups is 2. The zero-order valence-corrected chi connectivity index (χ0v) is 15.1. The molecule has 4 nitrogen and oxygen atoms in total. The smallest absolute Gasteiger partial charge is 0.323 e. The highest BCUT2D eigenvalue weighted by molar-refractivity contribution is 8.60. The van der Waals surface area contributed by atoms with Gasteiger partial charge in [0.05, 0.1) is 6.61 Å². The molecule has 8 heteroatoms. The van der Waals surface area contributed by atoms with Crippen molar-refractivity contribution in [2.75, 3.05) is 20.8 Å². The topological polar surface area (TPSA) is 44.8 Å². The Kier molecular flexibility index (Phi) is 10.6. The monoisotopic (exact) mass is 354 g/mol. The van der Waals surface area contributed by atoms with Crippen LogP contribution in [0, 0.1) is 0 Å². The summed E-state index contributed by atoms with van der Waals surface area (Å²) in [5, 5.41) is -0.471. The van der Waals surface area contributed by atoms with Gasteiger partial charge in [-0.15, -0.1) is 0 Å². The van der Waals surface area contributed by atoms with Crippen LogP contribution in [0.2, 0.25) is 0 Å². The van der Waals surface area contributed by atoms with Gasteiger partial charge in [0.15, 0.2) is 0 Å². The lowest BCUT2D eigenvalue weighted by molar-refractivity contribution is -0.142. The van der Waals surface area contributed by atoms with E-state index in [9.17, 15) is 4.79 Å². The SMILES string of the molecule is CCOC(=O)C(S)c1ccccc1.COP(=S)(S)OC. The fourth-order valence-electron chi connectivity index (χ4n) is 1.07. The standard InChI is InChI=1S/C10H12O2S.C2H7O2PS2/c1-2-12-10(11)9(13)8-6-4-3-5-7-8;1-3-5(6,7)4-2/h3-7,9,13H,2H2,1H3;1-2H3,(H,6,7). The number of esters is 1. The van der Waals surface area contributed by atoms with E-state index in [2.05, 4.69) is 45.7 Å². The first-order chi connectivity index (χ1) is 9.37. The van der Waals surface area contributed by atoms with Gasteiger partial charge in [0.2, 0.25) is 5.69 Å². The molecule has 0 N–H and O–H groups in total. The van der Waals surface area contributed by atoms with Crippen molar-refractivity contribution in [2.45, 2.75) is 12.2 Å². The molecular weight excluding hydrogens is 335 g/mol. The molecule has 1 aromatic carbocycles. The molecule has 0 saturated carbocycles. The number of hydrogen-bond donors (Lipinski definition) is 2. The highest BCUT2D eigenvalue weighted by Gasteiger charge is 2.16. The first kappa shape index (κ1) is 20.0. The summed E-state index contributed by atoms with van der Waals surface area (Å²) in [6.45, 7) is 2.17. The van der Waals surface area contributed by atoms with E-state index in [0.717, 1.165) is 5.56 Å². The van der Waals surface area contributed by atoms with Crippen LogP contribution in [0.1, 0.15) is 17.7 Å².